The van der Waals surface area contributed by atoms with Crippen LogP contribution < -0.4 is 0 Å². The highest BCUT2D eigenvalue weighted by atomic mass is 16.6. The topological polar surface area (TPSA) is 78.9 Å². The lowest BCUT2D eigenvalue weighted by Crippen LogP contribution is -2.30. The highest BCUT2D eigenvalue weighted by Crippen LogP contribution is 2.13. The third-order valence-electron chi connectivity index (χ3n) is 10.2. The van der Waals surface area contributed by atoms with Gasteiger partial charge < -0.3 is 14.2 Å². The summed E-state index contributed by atoms with van der Waals surface area (Å²) in [6.45, 7) is 6.37. The van der Waals surface area contributed by atoms with Gasteiger partial charge in [0.1, 0.15) is 13.2 Å². The molecule has 60 heavy (non-hydrogen) atoms. The highest BCUT2D eigenvalue weighted by molar-refractivity contribution is 5.71. The van der Waals surface area contributed by atoms with Crippen molar-refractivity contribution in [1.29, 1.82) is 0 Å². The van der Waals surface area contributed by atoms with Crippen LogP contribution in [-0.4, -0.2) is 37.2 Å². The summed E-state index contributed by atoms with van der Waals surface area (Å²) >= 11 is 0. The molecule has 6 nitrogen and oxygen atoms in total. The third kappa shape index (κ3) is 45.7. The molecule has 0 rings (SSSR count). The zero-order valence-corrected chi connectivity index (χ0v) is 38.9. The largest absolute Gasteiger partial charge is 0.462 e. The molecule has 342 valence electrons. The van der Waals surface area contributed by atoms with Gasteiger partial charge in [-0.25, -0.2) is 0 Å². The summed E-state index contributed by atoms with van der Waals surface area (Å²) in [4.78, 5) is 37.8. The van der Waals surface area contributed by atoms with Gasteiger partial charge in [-0.15, -0.1) is 0 Å². The van der Waals surface area contributed by atoms with Crippen LogP contribution in [-0.2, 0) is 28.6 Å². The zero-order chi connectivity index (χ0) is 43.7. The molecule has 0 radical (unpaired) electrons. The molecule has 0 amide bonds. The first-order chi connectivity index (χ1) is 29.5. The third-order valence-corrected chi connectivity index (χ3v) is 10.2. The first-order valence-electron chi connectivity index (χ1n) is 24.7. The van der Waals surface area contributed by atoms with Crippen LogP contribution in [0, 0.1) is 0 Å². The number of unbranched alkanes of at least 4 members (excludes halogenated alkanes) is 22. The van der Waals surface area contributed by atoms with Gasteiger partial charge in [-0.1, -0.05) is 202 Å². The molecule has 0 heterocycles. The van der Waals surface area contributed by atoms with Crippen LogP contribution in [0.1, 0.15) is 220 Å². The van der Waals surface area contributed by atoms with Crippen LogP contribution in [0.15, 0.2) is 85.1 Å². The van der Waals surface area contributed by atoms with Crippen molar-refractivity contribution in [3.05, 3.63) is 85.1 Å². The number of ether oxygens (including phenoxy) is 3. The van der Waals surface area contributed by atoms with E-state index in [1.54, 1.807) is 0 Å². The molecule has 0 bridgehead atoms. The van der Waals surface area contributed by atoms with Gasteiger partial charge in [0.05, 0.1) is 0 Å². The molecule has 0 aromatic heterocycles. The monoisotopic (exact) mass is 835 g/mol. The van der Waals surface area contributed by atoms with E-state index in [-0.39, 0.29) is 37.5 Å². The van der Waals surface area contributed by atoms with Gasteiger partial charge in [0, 0.05) is 19.3 Å². The molecule has 0 aliphatic rings. The van der Waals surface area contributed by atoms with E-state index >= 15 is 0 Å². The standard InChI is InChI=1S/C54H90O6/c1-4-7-10-13-16-19-22-24-25-26-27-28-30-32-35-38-41-44-47-53(56)59-50-51(49-58-52(55)46-43-40-37-34-31-21-18-15-12-9-6-3)60-54(57)48-45-42-39-36-33-29-23-20-17-14-11-8-5-2/h8,11,14-15,17-18,20-21,23,27-29,31,33,51H,4-7,9-10,12-13,16,19,22,24-26,30,32,34-50H2,1-3H3/b11-8-,17-14-,18-15-,23-20-,28-27-,31-21-,33-29-. The fourth-order valence-corrected chi connectivity index (χ4v) is 6.48. The lowest BCUT2D eigenvalue weighted by molar-refractivity contribution is -0.167. The molecular formula is C54H90O6. The highest BCUT2D eigenvalue weighted by Gasteiger charge is 2.19. The summed E-state index contributed by atoms with van der Waals surface area (Å²) in [5.74, 6) is -0.987. The van der Waals surface area contributed by atoms with E-state index in [9.17, 15) is 14.4 Å². The van der Waals surface area contributed by atoms with Gasteiger partial charge >= 0.3 is 17.9 Å². The van der Waals surface area contributed by atoms with E-state index in [1.165, 1.54) is 83.5 Å². The van der Waals surface area contributed by atoms with Crippen LogP contribution in [0.5, 0.6) is 0 Å². The second-order valence-corrected chi connectivity index (χ2v) is 16.1. The van der Waals surface area contributed by atoms with Crippen LogP contribution in [0.2, 0.25) is 0 Å². The second-order valence-electron chi connectivity index (χ2n) is 16.1. The maximum Gasteiger partial charge on any atom is 0.306 e. The van der Waals surface area contributed by atoms with Crippen molar-refractivity contribution in [2.75, 3.05) is 13.2 Å². The Morgan fingerprint density at radius 3 is 1.15 bits per heavy atom. The van der Waals surface area contributed by atoms with Gasteiger partial charge in [-0.05, 0) is 83.5 Å². The molecule has 6 heteroatoms. The molecule has 0 aromatic rings. The molecule has 0 aliphatic heterocycles. The minimum absolute atomic E-state index is 0.106. The van der Waals surface area contributed by atoms with Gasteiger partial charge in [0.2, 0.25) is 0 Å². The van der Waals surface area contributed by atoms with Crippen LogP contribution in [0.4, 0.5) is 0 Å². The van der Waals surface area contributed by atoms with Crippen LogP contribution >= 0.6 is 0 Å². The van der Waals surface area contributed by atoms with E-state index in [0.717, 1.165) is 89.9 Å². The number of allylic oxidation sites excluding steroid dienone is 14. The smallest absolute Gasteiger partial charge is 0.306 e. The minimum Gasteiger partial charge on any atom is -0.462 e. The van der Waals surface area contributed by atoms with Crippen molar-refractivity contribution in [1.82, 2.24) is 0 Å². The minimum atomic E-state index is -0.810. The first kappa shape index (κ1) is 56.6. The number of hydrogen-bond acceptors (Lipinski definition) is 6. The van der Waals surface area contributed by atoms with E-state index in [0.29, 0.717) is 19.3 Å². The van der Waals surface area contributed by atoms with Crippen molar-refractivity contribution in [2.24, 2.45) is 0 Å². The molecular weight excluding hydrogens is 745 g/mol. The van der Waals surface area contributed by atoms with E-state index < -0.39 is 6.10 Å². The van der Waals surface area contributed by atoms with Crippen molar-refractivity contribution < 1.29 is 28.6 Å². The number of carbonyl (C=O) groups is 3. The van der Waals surface area contributed by atoms with Gasteiger partial charge in [0.15, 0.2) is 6.10 Å². The number of carbonyl (C=O) groups excluding carboxylic acids is 3. The average Bonchev–Trinajstić information content (AvgIpc) is 3.24. The SMILES string of the molecule is CC\C=C/C=C\C=C/C=C\CCCCCC(=O)OC(COC(=O)CCCCC/C=C\C=C/CCCC)COC(=O)CCCCCCC/C=C\CCCCCCCCCCC. The van der Waals surface area contributed by atoms with Gasteiger partial charge in [-0.3, -0.25) is 14.4 Å². The molecule has 0 N–H and O–H groups in total. The predicted molar refractivity (Wildman–Crippen MR) is 256 cm³/mol. The first-order valence-corrected chi connectivity index (χ1v) is 24.7. The Morgan fingerprint density at radius 1 is 0.350 bits per heavy atom. The summed E-state index contributed by atoms with van der Waals surface area (Å²) in [6, 6.07) is 0. The predicted octanol–water partition coefficient (Wildman–Crippen LogP) is 16.0. The summed E-state index contributed by atoms with van der Waals surface area (Å²) < 4.78 is 16.7. The Balaban J connectivity index is 4.44. The van der Waals surface area contributed by atoms with E-state index in [4.69, 9.17) is 14.2 Å². The van der Waals surface area contributed by atoms with E-state index in [2.05, 4.69) is 69.4 Å². The van der Waals surface area contributed by atoms with Gasteiger partial charge in [-0.2, -0.15) is 0 Å². The lowest BCUT2D eigenvalue weighted by atomic mass is 10.1. The Hall–Kier alpha value is -3.41. The molecule has 1 atom stereocenters. The lowest BCUT2D eigenvalue weighted by Gasteiger charge is -2.18. The van der Waals surface area contributed by atoms with Crippen molar-refractivity contribution >= 4 is 17.9 Å². The molecule has 0 saturated heterocycles. The summed E-state index contributed by atoms with van der Waals surface area (Å²) in [5, 5.41) is 0. The Bertz CT molecular complexity index is 1190. The Morgan fingerprint density at radius 2 is 0.683 bits per heavy atom. The molecule has 0 aliphatic carbocycles. The van der Waals surface area contributed by atoms with Crippen molar-refractivity contribution in [3.63, 3.8) is 0 Å². The fourth-order valence-electron chi connectivity index (χ4n) is 6.48. The normalized spacial score (nSPS) is 12.8. The molecule has 0 fully saturated rings. The van der Waals surface area contributed by atoms with Gasteiger partial charge in [0.25, 0.3) is 0 Å². The van der Waals surface area contributed by atoms with Crippen LogP contribution in [0.3, 0.4) is 0 Å². The second kappa shape index (κ2) is 48.3. The maximum atomic E-state index is 12.7. The number of rotatable bonds is 43. The molecule has 0 spiro atoms. The van der Waals surface area contributed by atoms with Crippen molar-refractivity contribution in [3.8, 4) is 0 Å². The fraction of sp³-hybridized carbons (Fsp3) is 0.685. The summed E-state index contributed by atoms with van der Waals surface area (Å²) in [5.41, 5.74) is 0. The quantitative estimate of drug-likeness (QED) is 0.0200. The van der Waals surface area contributed by atoms with E-state index in [1.807, 2.05) is 36.5 Å². The zero-order valence-electron chi connectivity index (χ0n) is 38.9. The summed E-state index contributed by atoms with van der Waals surface area (Å²) in [7, 11) is 0. The maximum absolute atomic E-state index is 12.7. The average molecular weight is 835 g/mol. The van der Waals surface area contributed by atoms with Crippen molar-refractivity contribution in [2.45, 2.75) is 226 Å². The number of hydrogen-bond donors (Lipinski definition) is 0. The Kier molecular flexibility index (Phi) is 45.5. The summed E-state index contributed by atoms with van der Waals surface area (Å²) in [6.07, 6.45) is 61.5. The molecule has 0 saturated carbocycles. The number of esters is 3. The van der Waals surface area contributed by atoms with Crippen LogP contribution in [0.25, 0.3) is 0 Å². The Labute approximate surface area is 369 Å². The molecule has 1 unspecified atom stereocenters. The molecule has 0 aromatic carbocycles.